The Morgan fingerprint density at radius 1 is 1.34 bits per heavy atom. The average Bonchev–Trinajstić information content (AvgIpc) is 2.81. The second kappa shape index (κ2) is 10.8. The fourth-order valence-corrected chi connectivity index (χ4v) is 3.88. The number of amides is 1. The summed E-state index contributed by atoms with van der Waals surface area (Å²) >= 11 is 0. The highest BCUT2D eigenvalue weighted by Crippen LogP contribution is 2.23. The number of primary amides is 1. The van der Waals surface area contributed by atoms with E-state index in [1.165, 1.54) is 0 Å². The monoisotopic (exact) mass is 436 g/mol. The van der Waals surface area contributed by atoms with Gasteiger partial charge in [0.1, 0.15) is 12.4 Å². The second-order valence-corrected chi connectivity index (χ2v) is 7.73. The molecular formula is C24H30N5O3+. The van der Waals surface area contributed by atoms with Crippen molar-refractivity contribution in [3.05, 3.63) is 76.7 Å². The normalized spacial score (nSPS) is 17.1. The maximum atomic E-state index is 12.5. The molecule has 0 saturated carbocycles. The SMILES string of the molecule is C[NH2+]C=C(C(=N)c1cccc2c1CNC=C2)C(O)NC(CC1=CCCC=C1)C(=O)C(N)=O. The van der Waals surface area contributed by atoms with Crippen LogP contribution in [0.5, 0.6) is 0 Å². The van der Waals surface area contributed by atoms with Crippen molar-refractivity contribution in [3.8, 4) is 0 Å². The van der Waals surface area contributed by atoms with Gasteiger partial charge in [0.15, 0.2) is 0 Å². The highest BCUT2D eigenvalue weighted by molar-refractivity contribution is 6.37. The Kier molecular flexibility index (Phi) is 7.88. The summed E-state index contributed by atoms with van der Waals surface area (Å²) in [7, 11) is 1.79. The molecule has 0 spiro atoms. The molecular weight excluding hydrogens is 406 g/mol. The van der Waals surface area contributed by atoms with Crippen molar-refractivity contribution in [2.24, 2.45) is 5.73 Å². The molecule has 3 rings (SSSR count). The van der Waals surface area contributed by atoms with Gasteiger partial charge in [-0.15, -0.1) is 0 Å². The minimum absolute atomic E-state index is 0.138. The third-order valence-corrected chi connectivity index (χ3v) is 5.50. The van der Waals surface area contributed by atoms with Crippen LogP contribution in [0.1, 0.15) is 36.0 Å². The molecule has 168 valence electrons. The number of ketones is 1. The van der Waals surface area contributed by atoms with Crippen LogP contribution >= 0.6 is 0 Å². The summed E-state index contributed by atoms with van der Waals surface area (Å²) < 4.78 is 0. The Morgan fingerprint density at radius 3 is 2.84 bits per heavy atom. The number of allylic oxidation sites excluding steroid dienone is 3. The van der Waals surface area contributed by atoms with E-state index in [0.29, 0.717) is 17.7 Å². The van der Waals surface area contributed by atoms with Crippen molar-refractivity contribution in [1.29, 1.82) is 5.41 Å². The molecule has 1 aliphatic carbocycles. The van der Waals surface area contributed by atoms with Crippen molar-refractivity contribution in [2.45, 2.75) is 38.1 Å². The molecule has 0 bridgehead atoms. The second-order valence-electron chi connectivity index (χ2n) is 7.73. The van der Waals surface area contributed by atoms with Crippen LogP contribution in [-0.4, -0.2) is 41.8 Å². The number of carbonyl (C=O) groups is 2. The fourth-order valence-electron chi connectivity index (χ4n) is 3.88. The smallest absolute Gasteiger partial charge is 0.286 e. The lowest BCUT2D eigenvalue weighted by Crippen LogP contribution is -2.73. The van der Waals surface area contributed by atoms with Gasteiger partial charge in [0.05, 0.1) is 24.4 Å². The van der Waals surface area contributed by atoms with E-state index in [1.807, 2.05) is 48.7 Å². The maximum absolute atomic E-state index is 12.5. The number of rotatable bonds is 10. The van der Waals surface area contributed by atoms with E-state index in [-0.39, 0.29) is 12.1 Å². The van der Waals surface area contributed by atoms with Crippen LogP contribution in [0.15, 0.2) is 60.0 Å². The van der Waals surface area contributed by atoms with E-state index in [9.17, 15) is 14.7 Å². The Bertz CT molecular complexity index is 1020. The van der Waals surface area contributed by atoms with Gasteiger partial charge in [0.25, 0.3) is 5.91 Å². The van der Waals surface area contributed by atoms with Gasteiger partial charge in [-0.25, -0.2) is 0 Å². The van der Waals surface area contributed by atoms with E-state index < -0.39 is 24.0 Å². The summed E-state index contributed by atoms with van der Waals surface area (Å²) in [5.74, 6) is -1.87. The predicted octanol–water partition coefficient (Wildman–Crippen LogP) is 0.203. The van der Waals surface area contributed by atoms with Crippen LogP contribution in [-0.2, 0) is 16.1 Å². The molecule has 2 atom stereocenters. The van der Waals surface area contributed by atoms with Crippen LogP contribution in [0.3, 0.4) is 0 Å². The van der Waals surface area contributed by atoms with Crippen molar-refractivity contribution in [1.82, 2.24) is 10.6 Å². The number of aliphatic hydroxyl groups is 1. The molecule has 8 heteroatoms. The lowest BCUT2D eigenvalue weighted by Gasteiger charge is -2.24. The number of hydrogen-bond donors (Lipinski definition) is 6. The minimum Gasteiger partial charge on any atom is -0.387 e. The molecule has 1 aliphatic heterocycles. The first kappa shape index (κ1) is 23.3. The van der Waals surface area contributed by atoms with Gasteiger partial charge in [0, 0.05) is 12.1 Å². The first-order valence-corrected chi connectivity index (χ1v) is 10.7. The van der Waals surface area contributed by atoms with Crippen LogP contribution in [0.4, 0.5) is 0 Å². The summed E-state index contributed by atoms with van der Waals surface area (Å²) in [6.07, 6.45) is 12.0. The molecule has 0 saturated heterocycles. The van der Waals surface area contributed by atoms with Gasteiger partial charge in [-0.1, -0.05) is 42.0 Å². The number of carbonyl (C=O) groups excluding carboxylic acids is 2. The van der Waals surface area contributed by atoms with E-state index in [4.69, 9.17) is 11.1 Å². The van der Waals surface area contributed by atoms with E-state index >= 15 is 0 Å². The van der Waals surface area contributed by atoms with Crippen LogP contribution in [0.25, 0.3) is 6.08 Å². The highest BCUT2D eigenvalue weighted by Gasteiger charge is 2.29. The molecule has 32 heavy (non-hydrogen) atoms. The highest BCUT2D eigenvalue weighted by atomic mass is 16.3. The minimum atomic E-state index is -1.34. The van der Waals surface area contributed by atoms with Gasteiger partial charge < -0.3 is 21.5 Å². The quantitative estimate of drug-likeness (QED) is 0.176. The lowest BCUT2D eigenvalue weighted by molar-refractivity contribution is -0.557. The molecule has 1 heterocycles. The van der Waals surface area contributed by atoms with Gasteiger partial charge in [-0.05, 0) is 42.7 Å². The molecule has 1 aromatic carbocycles. The average molecular weight is 437 g/mol. The topological polar surface area (TPSA) is 145 Å². The largest absolute Gasteiger partial charge is 0.387 e. The molecule has 2 aliphatic rings. The van der Waals surface area contributed by atoms with E-state index in [1.54, 1.807) is 18.6 Å². The summed E-state index contributed by atoms with van der Waals surface area (Å²) in [6.45, 7) is 0.570. The Balaban J connectivity index is 1.86. The fraction of sp³-hybridized carbons (Fsp3) is 0.292. The maximum Gasteiger partial charge on any atom is 0.286 e. The predicted molar refractivity (Wildman–Crippen MR) is 123 cm³/mol. The van der Waals surface area contributed by atoms with Crippen LogP contribution < -0.4 is 21.7 Å². The number of Topliss-reactive ketones (excluding diaryl/α,β-unsaturated/α-hetero) is 1. The molecule has 1 amide bonds. The van der Waals surface area contributed by atoms with E-state index in [2.05, 4.69) is 10.6 Å². The summed E-state index contributed by atoms with van der Waals surface area (Å²) in [4.78, 5) is 24.1. The van der Waals surface area contributed by atoms with Gasteiger partial charge in [-0.3, -0.25) is 20.3 Å². The Morgan fingerprint density at radius 2 is 2.16 bits per heavy atom. The number of hydrogen-bond acceptors (Lipinski definition) is 6. The lowest BCUT2D eigenvalue weighted by atomic mass is 9.92. The third-order valence-electron chi connectivity index (χ3n) is 5.50. The molecule has 8 N–H and O–H groups in total. The summed E-state index contributed by atoms with van der Waals surface area (Å²) in [5.41, 5.74) is 9.23. The Hall–Kier alpha value is -3.33. The number of nitrogens with two attached hydrogens (primary N) is 2. The van der Waals surface area contributed by atoms with E-state index in [0.717, 1.165) is 29.5 Å². The first-order valence-electron chi connectivity index (χ1n) is 10.7. The molecule has 8 nitrogen and oxygen atoms in total. The first-order chi connectivity index (χ1) is 15.4. The molecule has 0 aromatic heterocycles. The third kappa shape index (κ3) is 5.47. The van der Waals surface area contributed by atoms with Crippen LogP contribution in [0, 0.1) is 5.41 Å². The molecule has 0 fully saturated rings. The zero-order valence-corrected chi connectivity index (χ0v) is 18.1. The molecule has 1 aromatic rings. The van der Waals surface area contributed by atoms with Gasteiger partial charge in [-0.2, -0.15) is 0 Å². The van der Waals surface area contributed by atoms with Crippen molar-refractivity contribution in [2.75, 3.05) is 7.05 Å². The zero-order valence-electron chi connectivity index (χ0n) is 18.1. The molecule has 2 unspecified atom stereocenters. The number of fused-ring (bicyclic) bond motifs is 1. The number of benzene rings is 1. The number of aliphatic hydroxyl groups excluding tert-OH is 1. The van der Waals surface area contributed by atoms with Gasteiger partial charge >= 0.3 is 0 Å². The molecule has 0 radical (unpaired) electrons. The Labute approximate surface area is 187 Å². The summed E-state index contributed by atoms with van der Waals surface area (Å²) in [5, 5.41) is 27.5. The van der Waals surface area contributed by atoms with Crippen LogP contribution in [0.2, 0.25) is 0 Å². The number of quaternary nitrogens is 1. The number of nitrogens with one attached hydrogen (secondary N) is 3. The van der Waals surface area contributed by atoms with Crippen molar-refractivity contribution in [3.63, 3.8) is 0 Å². The zero-order chi connectivity index (χ0) is 23.1. The summed E-state index contributed by atoms with van der Waals surface area (Å²) in [6, 6.07) is 4.67. The van der Waals surface area contributed by atoms with Crippen molar-refractivity contribution < 1.29 is 20.0 Å². The standard InChI is InChI=1S/C24H29N5O3/c1-27-13-19(21(25)17-9-5-8-16-10-11-28-14-18(16)17)24(32)29-20(22(30)23(26)31)12-15-6-3-2-4-7-15/h3,5-11,13,20,24-25,27-29,32H,2,4,12,14H2,1H3,(H2,26,31)/p+1. The van der Waals surface area contributed by atoms with Gasteiger partial charge in [0.2, 0.25) is 5.78 Å². The van der Waals surface area contributed by atoms with Crippen molar-refractivity contribution >= 4 is 23.5 Å².